The number of nitrogens with zero attached hydrogens (tertiary/aromatic N) is 1. The number of rotatable bonds is 3. The molecule has 4 atom stereocenters. The SMILES string of the molecule is CCCN1C[C@@]23C=C[C@H](O2)[C@H](C(=O)[O-])[C@@H]3C1=O. The van der Waals surface area contributed by atoms with Crippen LogP contribution in [0.3, 0.4) is 0 Å². The highest BCUT2D eigenvalue weighted by Crippen LogP contribution is 2.51. The van der Waals surface area contributed by atoms with Gasteiger partial charge in [-0.2, -0.15) is 0 Å². The zero-order valence-corrected chi connectivity index (χ0v) is 9.59. The van der Waals surface area contributed by atoms with Crippen LogP contribution in [0.5, 0.6) is 0 Å². The van der Waals surface area contributed by atoms with Crippen molar-refractivity contribution in [1.29, 1.82) is 0 Å². The van der Waals surface area contributed by atoms with Gasteiger partial charge in [0.05, 0.1) is 18.6 Å². The molecule has 0 saturated carbocycles. The van der Waals surface area contributed by atoms with Gasteiger partial charge < -0.3 is 19.5 Å². The molecule has 0 unspecified atom stereocenters. The minimum Gasteiger partial charge on any atom is -0.550 e. The van der Waals surface area contributed by atoms with E-state index in [9.17, 15) is 14.7 Å². The Bertz CT molecular complexity index is 419. The number of fused-ring (bicyclic) bond motifs is 1. The molecule has 5 nitrogen and oxygen atoms in total. The van der Waals surface area contributed by atoms with Gasteiger partial charge in [-0.1, -0.05) is 19.1 Å². The van der Waals surface area contributed by atoms with Crippen LogP contribution in [-0.2, 0) is 14.3 Å². The largest absolute Gasteiger partial charge is 0.550 e. The van der Waals surface area contributed by atoms with Gasteiger partial charge in [0.1, 0.15) is 5.60 Å². The summed E-state index contributed by atoms with van der Waals surface area (Å²) in [6.07, 6.45) is 3.98. The molecule has 0 aromatic heterocycles. The molecule has 0 aromatic carbocycles. The summed E-state index contributed by atoms with van der Waals surface area (Å²) in [6.45, 7) is 3.11. The van der Waals surface area contributed by atoms with Crippen LogP contribution in [-0.4, -0.2) is 41.6 Å². The summed E-state index contributed by atoms with van der Waals surface area (Å²) in [5.41, 5.74) is -0.707. The molecule has 17 heavy (non-hydrogen) atoms. The molecule has 1 spiro atoms. The Morgan fingerprint density at radius 3 is 3.12 bits per heavy atom. The van der Waals surface area contributed by atoms with E-state index in [4.69, 9.17) is 4.74 Å². The second-order valence-electron chi connectivity index (χ2n) is 4.98. The number of carboxylic acid groups (broad SMARTS) is 1. The molecule has 0 aromatic rings. The number of likely N-dealkylation sites (tertiary alicyclic amines) is 1. The van der Waals surface area contributed by atoms with Gasteiger partial charge in [0, 0.05) is 18.4 Å². The Kier molecular flexibility index (Phi) is 2.10. The number of ether oxygens (including phenoxy) is 1. The average Bonchev–Trinajstić information content (AvgIpc) is 2.88. The summed E-state index contributed by atoms with van der Waals surface area (Å²) in [5.74, 6) is -2.70. The van der Waals surface area contributed by atoms with Gasteiger partial charge in [0.15, 0.2) is 0 Å². The van der Waals surface area contributed by atoms with Gasteiger partial charge in [-0.25, -0.2) is 0 Å². The molecule has 2 bridgehead atoms. The van der Waals surface area contributed by atoms with Gasteiger partial charge in [-0.15, -0.1) is 0 Å². The van der Waals surface area contributed by atoms with Gasteiger partial charge >= 0.3 is 0 Å². The van der Waals surface area contributed by atoms with Crippen molar-refractivity contribution in [2.75, 3.05) is 13.1 Å². The first kappa shape index (κ1) is 10.8. The van der Waals surface area contributed by atoms with Crippen LogP contribution >= 0.6 is 0 Å². The van der Waals surface area contributed by atoms with Crippen molar-refractivity contribution < 1.29 is 19.4 Å². The van der Waals surface area contributed by atoms with Crippen LogP contribution in [0, 0.1) is 11.8 Å². The predicted molar refractivity (Wildman–Crippen MR) is 55.6 cm³/mol. The van der Waals surface area contributed by atoms with E-state index in [1.807, 2.05) is 13.0 Å². The normalized spacial score (nSPS) is 42.3. The third kappa shape index (κ3) is 1.23. The third-order valence-corrected chi connectivity index (χ3v) is 3.94. The standard InChI is InChI=1S/C12H15NO4/c1-2-5-13-6-12-4-3-7(17-12)8(11(15)16)9(12)10(13)14/h3-4,7-9H,2,5-6H2,1H3,(H,15,16)/p-1/t7-,8-,9+,12+/m0/s1. The first-order valence-electron chi connectivity index (χ1n) is 5.96. The van der Waals surface area contributed by atoms with E-state index in [0.717, 1.165) is 6.42 Å². The Balaban J connectivity index is 1.96. The lowest BCUT2D eigenvalue weighted by Crippen LogP contribution is -2.45. The number of aliphatic carboxylic acids is 1. The maximum Gasteiger partial charge on any atom is 0.229 e. The Hall–Kier alpha value is -1.36. The third-order valence-electron chi connectivity index (χ3n) is 3.94. The molecule has 3 aliphatic heterocycles. The van der Waals surface area contributed by atoms with Crippen LogP contribution in [0.4, 0.5) is 0 Å². The Morgan fingerprint density at radius 2 is 2.47 bits per heavy atom. The van der Waals surface area contributed by atoms with Crippen molar-refractivity contribution in [2.24, 2.45) is 11.8 Å². The van der Waals surface area contributed by atoms with Gasteiger partial charge in [0.2, 0.25) is 5.91 Å². The first-order valence-corrected chi connectivity index (χ1v) is 5.96. The molecule has 2 fully saturated rings. The van der Waals surface area contributed by atoms with E-state index >= 15 is 0 Å². The predicted octanol–water partition coefficient (Wildman–Crippen LogP) is -1.07. The monoisotopic (exact) mass is 236 g/mol. The molecule has 3 heterocycles. The highest BCUT2D eigenvalue weighted by atomic mass is 16.5. The first-order chi connectivity index (χ1) is 8.09. The van der Waals surface area contributed by atoms with Crippen LogP contribution in [0.25, 0.3) is 0 Å². The lowest BCUT2D eigenvalue weighted by Gasteiger charge is -2.24. The highest BCUT2D eigenvalue weighted by molar-refractivity contribution is 5.90. The molecule has 5 heteroatoms. The second-order valence-corrected chi connectivity index (χ2v) is 4.98. The fraction of sp³-hybridized carbons (Fsp3) is 0.667. The van der Waals surface area contributed by atoms with E-state index in [2.05, 4.69) is 0 Å². The van der Waals surface area contributed by atoms with Crippen LogP contribution in [0.1, 0.15) is 13.3 Å². The number of amides is 1. The molecule has 0 aliphatic carbocycles. The molecular formula is C12H14NO4-. The van der Waals surface area contributed by atoms with E-state index in [1.54, 1.807) is 11.0 Å². The van der Waals surface area contributed by atoms with Gasteiger partial charge in [-0.3, -0.25) is 4.79 Å². The second kappa shape index (κ2) is 3.32. The smallest absolute Gasteiger partial charge is 0.229 e. The topological polar surface area (TPSA) is 69.7 Å². The average molecular weight is 236 g/mol. The fourth-order valence-corrected chi connectivity index (χ4v) is 3.31. The van der Waals surface area contributed by atoms with Gasteiger partial charge in [0.25, 0.3) is 0 Å². The van der Waals surface area contributed by atoms with Crippen molar-refractivity contribution in [3.63, 3.8) is 0 Å². The van der Waals surface area contributed by atoms with Crippen LogP contribution < -0.4 is 5.11 Å². The summed E-state index contributed by atoms with van der Waals surface area (Å²) in [6, 6.07) is 0. The van der Waals surface area contributed by atoms with Crippen molar-refractivity contribution in [3.8, 4) is 0 Å². The molecule has 0 N–H and O–H groups in total. The summed E-state index contributed by atoms with van der Waals surface area (Å²) in [4.78, 5) is 25.0. The molecule has 3 aliphatic rings. The Labute approximate surface area is 99.0 Å². The zero-order valence-electron chi connectivity index (χ0n) is 9.59. The van der Waals surface area contributed by atoms with Crippen molar-refractivity contribution in [3.05, 3.63) is 12.2 Å². The summed E-state index contributed by atoms with van der Waals surface area (Å²) < 4.78 is 5.71. The molecule has 0 radical (unpaired) electrons. The van der Waals surface area contributed by atoms with Crippen molar-refractivity contribution >= 4 is 11.9 Å². The summed E-state index contributed by atoms with van der Waals surface area (Å²) >= 11 is 0. The molecule has 1 amide bonds. The molecule has 92 valence electrons. The lowest BCUT2D eigenvalue weighted by atomic mass is 9.77. The highest BCUT2D eigenvalue weighted by Gasteiger charge is 2.65. The maximum absolute atomic E-state index is 12.2. The molecule has 2 saturated heterocycles. The van der Waals surface area contributed by atoms with E-state index in [1.165, 1.54) is 0 Å². The van der Waals surface area contributed by atoms with Crippen LogP contribution in [0.15, 0.2) is 12.2 Å². The molecular weight excluding hydrogens is 222 g/mol. The van der Waals surface area contributed by atoms with Crippen LogP contribution in [0.2, 0.25) is 0 Å². The molecule has 3 rings (SSSR count). The van der Waals surface area contributed by atoms with Crippen molar-refractivity contribution in [2.45, 2.75) is 25.0 Å². The minimum atomic E-state index is -1.18. The zero-order chi connectivity index (χ0) is 12.2. The fourth-order valence-electron chi connectivity index (χ4n) is 3.31. The summed E-state index contributed by atoms with van der Waals surface area (Å²) in [7, 11) is 0. The van der Waals surface area contributed by atoms with Gasteiger partial charge in [-0.05, 0) is 6.42 Å². The minimum absolute atomic E-state index is 0.104. The number of carbonyl (C=O) groups excluding carboxylic acids is 2. The van der Waals surface area contributed by atoms with Crippen molar-refractivity contribution in [1.82, 2.24) is 4.90 Å². The van der Waals surface area contributed by atoms with E-state index in [0.29, 0.717) is 13.1 Å². The number of hydrogen-bond donors (Lipinski definition) is 0. The summed E-state index contributed by atoms with van der Waals surface area (Å²) in [5, 5.41) is 11.1. The number of carbonyl (C=O) groups is 2. The lowest BCUT2D eigenvalue weighted by molar-refractivity contribution is -0.313. The Morgan fingerprint density at radius 1 is 1.71 bits per heavy atom. The number of hydrogen-bond acceptors (Lipinski definition) is 4. The van der Waals surface area contributed by atoms with E-state index in [-0.39, 0.29) is 5.91 Å². The maximum atomic E-state index is 12.2. The number of carboxylic acids is 1. The quantitative estimate of drug-likeness (QED) is 0.585. The van der Waals surface area contributed by atoms with E-state index < -0.39 is 29.5 Å².